The fraction of sp³-hybridized carbons (Fsp3) is 0.286. The predicted molar refractivity (Wildman–Crippen MR) is 83.9 cm³/mol. The summed E-state index contributed by atoms with van der Waals surface area (Å²) in [6, 6.07) is 10.3. The van der Waals surface area contributed by atoms with Crippen LogP contribution in [0.2, 0.25) is 0 Å². The summed E-state index contributed by atoms with van der Waals surface area (Å²) < 4.78 is 7.22. The Labute approximate surface area is 132 Å². The molecule has 0 saturated carbocycles. The molecule has 0 atom stereocenters. The minimum atomic E-state index is 0.442. The lowest BCUT2D eigenvalue weighted by Gasteiger charge is -2.18. The maximum Gasteiger partial charge on any atom is 0.276 e. The summed E-state index contributed by atoms with van der Waals surface area (Å²) in [7, 11) is 2.07. The molecule has 7 nitrogen and oxygen atoms in total. The van der Waals surface area contributed by atoms with Crippen molar-refractivity contribution < 1.29 is 4.42 Å². The molecule has 0 saturated heterocycles. The van der Waals surface area contributed by atoms with Gasteiger partial charge in [-0.3, -0.25) is 0 Å². The smallest absolute Gasteiger partial charge is 0.276 e. The van der Waals surface area contributed by atoms with Crippen molar-refractivity contribution in [1.29, 1.82) is 0 Å². The summed E-state index contributed by atoms with van der Waals surface area (Å²) in [6.45, 7) is 1.34. The molecule has 22 heavy (non-hydrogen) atoms. The monoisotopic (exact) mass is 316 g/mol. The molecule has 8 heteroatoms. The van der Waals surface area contributed by atoms with E-state index in [9.17, 15) is 0 Å². The van der Waals surface area contributed by atoms with E-state index in [4.69, 9.17) is 4.42 Å². The molecule has 3 aromatic rings. The van der Waals surface area contributed by atoms with Crippen LogP contribution < -0.4 is 4.90 Å². The third kappa shape index (κ3) is 3.85. The Bertz CT molecular complexity index is 684. The van der Waals surface area contributed by atoms with E-state index in [0.717, 1.165) is 12.3 Å². The molecule has 0 aliphatic heterocycles. The highest BCUT2D eigenvalue weighted by Gasteiger charge is 2.08. The van der Waals surface area contributed by atoms with Gasteiger partial charge >= 0.3 is 0 Å². The lowest BCUT2D eigenvalue weighted by Crippen LogP contribution is -2.19. The van der Waals surface area contributed by atoms with Crippen LogP contribution in [0.3, 0.4) is 0 Å². The second-order valence-corrected chi connectivity index (χ2v) is 5.71. The highest BCUT2D eigenvalue weighted by Crippen LogP contribution is 2.18. The van der Waals surface area contributed by atoms with Crippen molar-refractivity contribution >= 4 is 17.4 Å². The standard InChI is InChI=1S/C14H16N6OS/c1-19(12-5-3-2-4-6-12)7-8-22-14-18-17-13(21-14)9-20-11-15-10-16-20/h2-6,10-11H,7-9H2,1H3. The first-order chi connectivity index (χ1) is 10.8. The van der Waals surface area contributed by atoms with E-state index in [2.05, 4.69) is 44.4 Å². The second kappa shape index (κ2) is 7.08. The van der Waals surface area contributed by atoms with Gasteiger partial charge in [-0.2, -0.15) is 5.10 Å². The van der Waals surface area contributed by atoms with Gasteiger partial charge in [-0.05, 0) is 12.1 Å². The summed E-state index contributed by atoms with van der Waals surface area (Å²) in [5.41, 5.74) is 1.19. The molecule has 2 aromatic heterocycles. The number of rotatable bonds is 7. The molecule has 0 N–H and O–H groups in total. The lowest BCUT2D eigenvalue weighted by molar-refractivity contribution is 0.397. The molecule has 0 spiro atoms. The average Bonchev–Trinajstić information content (AvgIpc) is 3.21. The third-order valence-electron chi connectivity index (χ3n) is 3.06. The number of benzene rings is 1. The number of anilines is 1. The van der Waals surface area contributed by atoms with Crippen molar-refractivity contribution in [1.82, 2.24) is 25.0 Å². The Hall–Kier alpha value is -2.35. The first-order valence-electron chi connectivity index (χ1n) is 6.85. The van der Waals surface area contributed by atoms with Crippen LogP contribution >= 0.6 is 11.8 Å². The van der Waals surface area contributed by atoms with Gasteiger partial charge in [0.15, 0.2) is 0 Å². The van der Waals surface area contributed by atoms with Gasteiger partial charge in [-0.1, -0.05) is 30.0 Å². The molecular formula is C14H16N6OS. The van der Waals surface area contributed by atoms with Gasteiger partial charge in [0.2, 0.25) is 5.89 Å². The highest BCUT2D eigenvalue weighted by atomic mass is 32.2. The predicted octanol–water partition coefficient (Wildman–Crippen LogP) is 1.94. The van der Waals surface area contributed by atoms with Gasteiger partial charge in [0.25, 0.3) is 5.22 Å². The zero-order chi connectivity index (χ0) is 15.2. The van der Waals surface area contributed by atoms with Crippen LogP contribution in [0.5, 0.6) is 0 Å². The Kier molecular flexibility index (Phi) is 4.69. The second-order valence-electron chi connectivity index (χ2n) is 4.66. The largest absolute Gasteiger partial charge is 0.414 e. The lowest BCUT2D eigenvalue weighted by atomic mass is 10.3. The summed E-state index contributed by atoms with van der Waals surface area (Å²) in [4.78, 5) is 6.07. The molecule has 0 aliphatic rings. The van der Waals surface area contributed by atoms with Crippen LogP contribution in [0.25, 0.3) is 0 Å². The van der Waals surface area contributed by atoms with E-state index in [1.807, 2.05) is 18.2 Å². The molecule has 0 radical (unpaired) electrons. The Morgan fingerprint density at radius 1 is 1.23 bits per heavy atom. The van der Waals surface area contributed by atoms with Gasteiger partial charge in [-0.25, -0.2) is 9.67 Å². The Morgan fingerprint density at radius 2 is 2.09 bits per heavy atom. The first-order valence-corrected chi connectivity index (χ1v) is 7.83. The van der Waals surface area contributed by atoms with Crippen LogP contribution in [-0.2, 0) is 6.54 Å². The van der Waals surface area contributed by atoms with E-state index in [-0.39, 0.29) is 0 Å². The molecule has 3 rings (SSSR count). The van der Waals surface area contributed by atoms with Crippen LogP contribution in [0.1, 0.15) is 5.89 Å². The normalized spacial score (nSPS) is 10.8. The number of nitrogens with zero attached hydrogens (tertiary/aromatic N) is 6. The van der Waals surface area contributed by atoms with Crippen molar-refractivity contribution in [2.75, 3.05) is 24.2 Å². The highest BCUT2D eigenvalue weighted by molar-refractivity contribution is 7.99. The molecule has 1 aromatic carbocycles. The van der Waals surface area contributed by atoms with Crippen molar-refractivity contribution in [2.24, 2.45) is 0 Å². The number of thioether (sulfide) groups is 1. The van der Waals surface area contributed by atoms with Gasteiger partial charge in [0.05, 0.1) is 0 Å². The molecule has 0 unspecified atom stereocenters. The zero-order valence-electron chi connectivity index (χ0n) is 12.2. The molecular weight excluding hydrogens is 300 g/mol. The van der Waals surface area contributed by atoms with Gasteiger partial charge < -0.3 is 9.32 Å². The molecule has 0 fully saturated rings. The fourth-order valence-corrected chi connectivity index (χ4v) is 2.69. The summed E-state index contributed by atoms with van der Waals surface area (Å²) in [5.74, 6) is 1.40. The third-order valence-corrected chi connectivity index (χ3v) is 3.86. The SMILES string of the molecule is CN(CCSc1nnc(Cn2cncn2)o1)c1ccccc1. The van der Waals surface area contributed by atoms with E-state index in [1.54, 1.807) is 22.8 Å². The minimum Gasteiger partial charge on any atom is -0.414 e. The fourth-order valence-electron chi connectivity index (χ4n) is 1.89. The van der Waals surface area contributed by atoms with Gasteiger partial charge in [0, 0.05) is 25.0 Å². The average molecular weight is 316 g/mol. The summed E-state index contributed by atoms with van der Waals surface area (Å²) in [6.07, 6.45) is 3.09. The van der Waals surface area contributed by atoms with E-state index < -0.39 is 0 Å². The van der Waals surface area contributed by atoms with E-state index in [1.165, 1.54) is 12.0 Å². The van der Waals surface area contributed by atoms with Crippen LogP contribution in [0, 0.1) is 0 Å². The topological polar surface area (TPSA) is 72.9 Å². The number of hydrogen-bond donors (Lipinski definition) is 0. The quantitative estimate of drug-likeness (QED) is 0.617. The molecule has 0 aliphatic carbocycles. The summed E-state index contributed by atoms with van der Waals surface area (Å²) in [5, 5.41) is 12.6. The number of para-hydroxylation sites is 1. The Morgan fingerprint density at radius 3 is 2.86 bits per heavy atom. The van der Waals surface area contributed by atoms with Crippen molar-refractivity contribution in [3.8, 4) is 0 Å². The maximum absolute atomic E-state index is 5.58. The van der Waals surface area contributed by atoms with E-state index in [0.29, 0.717) is 17.7 Å². The molecule has 0 bridgehead atoms. The van der Waals surface area contributed by atoms with Crippen LogP contribution in [0.15, 0.2) is 52.6 Å². The first kappa shape index (κ1) is 14.6. The van der Waals surface area contributed by atoms with Crippen LogP contribution in [-0.4, -0.2) is 44.3 Å². The minimum absolute atomic E-state index is 0.442. The zero-order valence-corrected chi connectivity index (χ0v) is 13.0. The number of aromatic nitrogens is 5. The summed E-state index contributed by atoms with van der Waals surface area (Å²) >= 11 is 1.55. The van der Waals surface area contributed by atoms with E-state index >= 15 is 0 Å². The molecule has 114 valence electrons. The molecule has 2 heterocycles. The van der Waals surface area contributed by atoms with Gasteiger partial charge in [-0.15, -0.1) is 10.2 Å². The maximum atomic E-state index is 5.58. The van der Waals surface area contributed by atoms with Gasteiger partial charge in [0.1, 0.15) is 19.2 Å². The van der Waals surface area contributed by atoms with Crippen LogP contribution in [0.4, 0.5) is 5.69 Å². The van der Waals surface area contributed by atoms with Crippen molar-refractivity contribution in [2.45, 2.75) is 11.8 Å². The Balaban J connectivity index is 1.47. The van der Waals surface area contributed by atoms with Crippen molar-refractivity contribution in [3.63, 3.8) is 0 Å². The van der Waals surface area contributed by atoms with Crippen molar-refractivity contribution in [3.05, 3.63) is 48.9 Å². The number of hydrogen-bond acceptors (Lipinski definition) is 7. The molecule has 0 amide bonds.